The van der Waals surface area contributed by atoms with Crippen molar-refractivity contribution < 1.29 is 14.3 Å². The molecule has 0 aliphatic carbocycles. The van der Waals surface area contributed by atoms with Crippen LogP contribution >= 0.6 is 11.6 Å². The summed E-state index contributed by atoms with van der Waals surface area (Å²) in [6.07, 6.45) is 0.385. The van der Waals surface area contributed by atoms with E-state index in [0.29, 0.717) is 26.2 Å². The monoisotopic (exact) mass is 387 g/mol. The Balaban J connectivity index is 1.57. The number of morpholine rings is 1. The first-order chi connectivity index (χ1) is 13.0. The average Bonchev–Trinajstić information content (AvgIpc) is 2.67. The number of hydrogen-bond acceptors (Lipinski definition) is 4. The van der Waals surface area contributed by atoms with Crippen LogP contribution in [0.15, 0.2) is 42.5 Å². The molecule has 0 N–H and O–H groups in total. The number of carbonyl (C=O) groups excluding carboxylic acids is 1. The van der Waals surface area contributed by atoms with E-state index in [2.05, 4.69) is 49.1 Å². The summed E-state index contributed by atoms with van der Waals surface area (Å²) in [6.45, 7) is 7.73. The first-order valence-corrected chi connectivity index (χ1v) is 9.71. The molecule has 4 nitrogen and oxygen atoms in total. The standard InChI is InChI=1S/C22H26ClNO3/c1-16-4-3-5-17(2)20(16)15-27-19-8-6-18(7-9-19)21-14-24(12-13-26-21)11-10-22(23)25/h3-9,21H,10-15H2,1-2H3. The molecule has 0 spiro atoms. The number of benzene rings is 2. The fourth-order valence-electron chi connectivity index (χ4n) is 3.36. The number of hydrogen-bond donors (Lipinski definition) is 0. The summed E-state index contributed by atoms with van der Waals surface area (Å²) < 4.78 is 11.9. The lowest BCUT2D eigenvalue weighted by molar-refractivity contribution is -0.112. The Kier molecular flexibility index (Phi) is 6.89. The Morgan fingerprint density at radius 1 is 1.19 bits per heavy atom. The third-order valence-corrected chi connectivity index (χ3v) is 5.24. The minimum atomic E-state index is -0.288. The van der Waals surface area contributed by atoms with Crippen molar-refractivity contribution in [2.75, 3.05) is 26.2 Å². The average molecular weight is 388 g/mol. The normalized spacial score (nSPS) is 17.7. The lowest BCUT2D eigenvalue weighted by atomic mass is 10.0. The Morgan fingerprint density at radius 3 is 2.56 bits per heavy atom. The minimum Gasteiger partial charge on any atom is -0.489 e. The molecule has 2 aromatic carbocycles. The molecule has 2 aromatic rings. The lowest BCUT2D eigenvalue weighted by Crippen LogP contribution is -2.39. The van der Waals surface area contributed by atoms with Gasteiger partial charge in [-0.2, -0.15) is 0 Å². The molecule has 1 heterocycles. The SMILES string of the molecule is Cc1cccc(C)c1COc1ccc(C2CN(CCC(=O)Cl)CCO2)cc1. The number of carbonyl (C=O) groups is 1. The zero-order valence-corrected chi connectivity index (χ0v) is 16.7. The van der Waals surface area contributed by atoms with Crippen LogP contribution in [0.2, 0.25) is 0 Å². The van der Waals surface area contributed by atoms with Gasteiger partial charge in [-0.3, -0.25) is 9.69 Å². The van der Waals surface area contributed by atoms with E-state index in [1.807, 2.05) is 12.1 Å². The molecule has 3 rings (SSSR count). The molecule has 1 fully saturated rings. The van der Waals surface area contributed by atoms with Crippen molar-refractivity contribution in [1.82, 2.24) is 4.90 Å². The van der Waals surface area contributed by atoms with Crippen LogP contribution < -0.4 is 4.74 Å². The van der Waals surface area contributed by atoms with Gasteiger partial charge >= 0.3 is 0 Å². The highest BCUT2D eigenvalue weighted by molar-refractivity contribution is 6.63. The quantitative estimate of drug-likeness (QED) is 0.659. The zero-order valence-electron chi connectivity index (χ0n) is 15.9. The predicted molar refractivity (Wildman–Crippen MR) is 107 cm³/mol. The third kappa shape index (κ3) is 5.55. The molecule has 144 valence electrons. The van der Waals surface area contributed by atoms with Gasteiger partial charge in [-0.05, 0) is 59.8 Å². The Bertz CT molecular complexity index is 755. The van der Waals surface area contributed by atoms with Crippen LogP contribution in [0.5, 0.6) is 5.75 Å². The maximum absolute atomic E-state index is 11.0. The van der Waals surface area contributed by atoms with Crippen molar-refractivity contribution in [3.63, 3.8) is 0 Å². The smallest absolute Gasteiger partial charge is 0.222 e. The number of halogens is 1. The molecule has 1 atom stereocenters. The second kappa shape index (κ2) is 9.36. The molecular formula is C22H26ClNO3. The number of nitrogens with zero attached hydrogens (tertiary/aromatic N) is 1. The van der Waals surface area contributed by atoms with Crippen LogP contribution in [0.1, 0.15) is 34.8 Å². The zero-order chi connectivity index (χ0) is 19.2. The Labute approximate surface area is 166 Å². The van der Waals surface area contributed by atoms with Crippen molar-refractivity contribution in [3.05, 3.63) is 64.7 Å². The fourth-order valence-corrected chi connectivity index (χ4v) is 3.45. The maximum atomic E-state index is 11.0. The van der Waals surface area contributed by atoms with Crippen LogP contribution in [0, 0.1) is 13.8 Å². The number of rotatable bonds is 7. The van der Waals surface area contributed by atoms with Gasteiger partial charge in [0.1, 0.15) is 12.4 Å². The van der Waals surface area contributed by atoms with Crippen molar-refractivity contribution in [1.29, 1.82) is 0 Å². The summed E-state index contributed by atoms with van der Waals surface area (Å²) in [5.41, 5.74) is 4.86. The first-order valence-electron chi connectivity index (χ1n) is 9.33. The van der Waals surface area contributed by atoms with Gasteiger partial charge in [0, 0.05) is 26.1 Å². The van der Waals surface area contributed by atoms with E-state index in [4.69, 9.17) is 21.1 Å². The summed E-state index contributed by atoms with van der Waals surface area (Å²) in [5.74, 6) is 0.849. The third-order valence-electron chi connectivity index (χ3n) is 5.05. The van der Waals surface area contributed by atoms with Crippen LogP contribution in [-0.4, -0.2) is 36.4 Å². The minimum absolute atomic E-state index is 0.0110. The van der Waals surface area contributed by atoms with Crippen LogP contribution in [-0.2, 0) is 16.1 Å². The molecule has 0 amide bonds. The van der Waals surface area contributed by atoms with Crippen molar-refractivity contribution in [2.24, 2.45) is 0 Å². The van der Waals surface area contributed by atoms with Crippen molar-refractivity contribution in [2.45, 2.75) is 33.0 Å². The van der Waals surface area contributed by atoms with Crippen LogP contribution in [0.3, 0.4) is 0 Å². The van der Waals surface area contributed by atoms with Crippen LogP contribution in [0.25, 0.3) is 0 Å². The summed E-state index contributed by atoms with van der Waals surface area (Å²) >= 11 is 5.45. The molecule has 1 aliphatic rings. The van der Waals surface area contributed by atoms with Gasteiger partial charge in [0.25, 0.3) is 0 Å². The van der Waals surface area contributed by atoms with Gasteiger partial charge in [-0.25, -0.2) is 0 Å². The van der Waals surface area contributed by atoms with Gasteiger partial charge in [-0.1, -0.05) is 30.3 Å². The Morgan fingerprint density at radius 2 is 1.89 bits per heavy atom. The topological polar surface area (TPSA) is 38.8 Å². The van der Waals surface area contributed by atoms with E-state index in [0.717, 1.165) is 24.4 Å². The van der Waals surface area contributed by atoms with E-state index in [1.54, 1.807) is 0 Å². The molecule has 5 heteroatoms. The van der Waals surface area contributed by atoms with Gasteiger partial charge in [0.15, 0.2) is 0 Å². The molecule has 1 unspecified atom stereocenters. The maximum Gasteiger partial charge on any atom is 0.222 e. The molecule has 1 saturated heterocycles. The van der Waals surface area contributed by atoms with Gasteiger partial charge < -0.3 is 9.47 Å². The number of ether oxygens (including phenoxy) is 2. The summed E-state index contributed by atoms with van der Waals surface area (Å²) in [7, 11) is 0. The van der Waals surface area contributed by atoms with Gasteiger partial charge in [-0.15, -0.1) is 0 Å². The molecular weight excluding hydrogens is 362 g/mol. The number of aryl methyl sites for hydroxylation is 2. The van der Waals surface area contributed by atoms with E-state index in [9.17, 15) is 4.79 Å². The first kappa shape index (κ1) is 19.9. The van der Waals surface area contributed by atoms with Crippen LogP contribution in [0.4, 0.5) is 0 Å². The fraction of sp³-hybridized carbons (Fsp3) is 0.409. The summed E-state index contributed by atoms with van der Waals surface area (Å²) in [5, 5.41) is -0.288. The predicted octanol–water partition coefficient (Wildman–Crippen LogP) is 4.41. The summed E-state index contributed by atoms with van der Waals surface area (Å²) in [4.78, 5) is 13.2. The molecule has 0 saturated carbocycles. The molecule has 0 radical (unpaired) electrons. The van der Waals surface area contributed by atoms with Gasteiger partial charge in [0.2, 0.25) is 5.24 Å². The van der Waals surface area contributed by atoms with E-state index < -0.39 is 0 Å². The van der Waals surface area contributed by atoms with E-state index in [-0.39, 0.29) is 11.3 Å². The molecule has 1 aliphatic heterocycles. The molecule has 0 bridgehead atoms. The van der Waals surface area contributed by atoms with Crippen molar-refractivity contribution >= 4 is 16.8 Å². The van der Waals surface area contributed by atoms with Gasteiger partial charge in [0.05, 0.1) is 12.7 Å². The van der Waals surface area contributed by atoms with E-state index >= 15 is 0 Å². The largest absolute Gasteiger partial charge is 0.489 e. The molecule has 27 heavy (non-hydrogen) atoms. The highest BCUT2D eigenvalue weighted by Gasteiger charge is 2.22. The second-order valence-electron chi connectivity index (χ2n) is 6.99. The Hall–Kier alpha value is -1.88. The highest BCUT2D eigenvalue weighted by Crippen LogP contribution is 2.25. The highest BCUT2D eigenvalue weighted by atomic mass is 35.5. The van der Waals surface area contributed by atoms with E-state index in [1.165, 1.54) is 16.7 Å². The second-order valence-corrected chi connectivity index (χ2v) is 7.41. The lowest BCUT2D eigenvalue weighted by Gasteiger charge is -2.32. The summed E-state index contributed by atoms with van der Waals surface area (Å²) in [6, 6.07) is 14.4. The van der Waals surface area contributed by atoms with Crippen molar-refractivity contribution in [3.8, 4) is 5.75 Å². The molecule has 0 aromatic heterocycles.